The number of fused-ring (bicyclic) bond motifs is 1. The van der Waals surface area contributed by atoms with Gasteiger partial charge in [0.1, 0.15) is 5.82 Å². The van der Waals surface area contributed by atoms with Crippen LogP contribution in [0.5, 0.6) is 0 Å². The molecule has 7 heteroatoms. The van der Waals surface area contributed by atoms with Crippen LogP contribution in [-0.4, -0.2) is 31.3 Å². The summed E-state index contributed by atoms with van der Waals surface area (Å²) in [5.74, 6) is 0.469. The van der Waals surface area contributed by atoms with Gasteiger partial charge in [-0.2, -0.15) is 5.10 Å². The highest BCUT2D eigenvalue weighted by Gasteiger charge is 2.13. The largest absolute Gasteiger partial charge is 0.317 e. The second kappa shape index (κ2) is 4.52. The van der Waals surface area contributed by atoms with Gasteiger partial charge < -0.3 is 5.32 Å². The number of nitrogens with zero attached hydrogens (tertiary/aromatic N) is 3. The summed E-state index contributed by atoms with van der Waals surface area (Å²) in [7, 11) is 0. The number of hydrogen-bond acceptors (Lipinski definition) is 4. The van der Waals surface area contributed by atoms with Gasteiger partial charge in [0.15, 0.2) is 0 Å². The number of hydrogen-bond donors (Lipinski definition) is 3. The minimum absolute atomic E-state index is 0.133. The van der Waals surface area contributed by atoms with Crippen LogP contribution in [0.25, 0.3) is 10.9 Å². The van der Waals surface area contributed by atoms with E-state index in [1.54, 1.807) is 12.3 Å². The molecule has 7 nitrogen and oxygen atoms in total. The standard InChI is InChI=1S/C12H12N6O/c1-2-9-15-11(18-16-9)12(19)14-8-5-3-4-7-6-13-17-10(7)8/h3-6H,2H2,1H3,(H,13,17)(H,14,19)(H,15,16,18). The fraction of sp³-hybridized carbons (Fsp3) is 0.167. The summed E-state index contributed by atoms with van der Waals surface area (Å²) >= 11 is 0. The van der Waals surface area contributed by atoms with E-state index in [1.165, 1.54) is 0 Å². The number of carbonyl (C=O) groups is 1. The Morgan fingerprint density at radius 2 is 2.26 bits per heavy atom. The van der Waals surface area contributed by atoms with Crippen LogP contribution in [-0.2, 0) is 6.42 Å². The minimum atomic E-state index is -0.349. The Balaban J connectivity index is 1.88. The van der Waals surface area contributed by atoms with Crippen LogP contribution in [0, 0.1) is 0 Å². The van der Waals surface area contributed by atoms with Crippen molar-refractivity contribution in [1.82, 2.24) is 25.4 Å². The molecule has 0 atom stereocenters. The predicted molar refractivity (Wildman–Crippen MR) is 69.8 cm³/mol. The lowest BCUT2D eigenvalue weighted by Crippen LogP contribution is -2.14. The molecule has 3 rings (SSSR count). The van der Waals surface area contributed by atoms with Crippen LogP contribution in [0.4, 0.5) is 5.69 Å². The summed E-state index contributed by atoms with van der Waals surface area (Å²) in [4.78, 5) is 16.1. The molecular weight excluding hydrogens is 244 g/mol. The summed E-state index contributed by atoms with van der Waals surface area (Å²) in [5, 5.41) is 17.1. The minimum Gasteiger partial charge on any atom is -0.317 e. The van der Waals surface area contributed by atoms with Gasteiger partial charge in [0.2, 0.25) is 5.82 Å². The molecule has 0 spiro atoms. The first kappa shape index (κ1) is 11.4. The molecule has 0 unspecified atom stereocenters. The zero-order valence-electron chi connectivity index (χ0n) is 10.3. The molecule has 3 aromatic rings. The lowest BCUT2D eigenvalue weighted by Gasteiger charge is -2.03. The zero-order chi connectivity index (χ0) is 13.2. The molecule has 96 valence electrons. The van der Waals surface area contributed by atoms with Gasteiger partial charge >= 0.3 is 0 Å². The van der Waals surface area contributed by atoms with E-state index in [2.05, 4.69) is 30.7 Å². The molecule has 1 amide bonds. The van der Waals surface area contributed by atoms with Crippen molar-refractivity contribution in [3.05, 3.63) is 36.0 Å². The number of anilines is 1. The third-order valence-electron chi connectivity index (χ3n) is 2.79. The van der Waals surface area contributed by atoms with E-state index in [1.807, 2.05) is 19.1 Å². The molecule has 2 heterocycles. The van der Waals surface area contributed by atoms with Gasteiger partial charge in [-0.1, -0.05) is 19.1 Å². The molecular formula is C12H12N6O. The molecule has 0 fully saturated rings. The van der Waals surface area contributed by atoms with Gasteiger partial charge in [-0.25, -0.2) is 4.98 Å². The number of benzene rings is 1. The van der Waals surface area contributed by atoms with Crippen molar-refractivity contribution < 1.29 is 4.79 Å². The van der Waals surface area contributed by atoms with Crippen molar-refractivity contribution in [2.45, 2.75) is 13.3 Å². The first-order chi connectivity index (χ1) is 9.28. The predicted octanol–water partition coefficient (Wildman–Crippen LogP) is 1.50. The number of para-hydroxylation sites is 1. The number of rotatable bonds is 3. The molecule has 19 heavy (non-hydrogen) atoms. The van der Waals surface area contributed by atoms with Gasteiger partial charge in [-0.3, -0.25) is 15.0 Å². The van der Waals surface area contributed by atoms with E-state index in [-0.39, 0.29) is 11.7 Å². The SMILES string of the molecule is CCc1nc(C(=O)Nc2cccc3cn[nH]c23)n[nH]1. The molecule has 0 aliphatic carbocycles. The lowest BCUT2D eigenvalue weighted by atomic mass is 10.2. The Labute approximate surface area is 108 Å². The topological polar surface area (TPSA) is 99.3 Å². The first-order valence-electron chi connectivity index (χ1n) is 5.92. The fourth-order valence-corrected chi connectivity index (χ4v) is 1.81. The summed E-state index contributed by atoms with van der Waals surface area (Å²) in [6.45, 7) is 1.94. The van der Waals surface area contributed by atoms with Gasteiger partial charge in [0, 0.05) is 11.8 Å². The van der Waals surface area contributed by atoms with Gasteiger partial charge in [-0.05, 0) is 6.07 Å². The highest BCUT2D eigenvalue weighted by atomic mass is 16.2. The molecule has 1 aromatic carbocycles. The summed E-state index contributed by atoms with van der Waals surface area (Å²) < 4.78 is 0. The summed E-state index contributed by atoms with van der Waals surface area (Å²) in [5.41, 5.74) is 1.44. The molecule has 0 radical (unpaired) electrons. The van der Waals surface area contributed by atoms with E-state index in [4.69, 9.17) is 0 Å². The molecule has 0 bridgehead atoms. The smallest absolute Gasteiger partial charge is 0.295 e. The Morgan fingerprint density at radius 3 is 3.05 bits per heavy atom. The maximum Gasteiger partial charge on any atom is 0.295 e. The number of H-pyrrole nitrogens is 2. The second-order valence-corrected chi connectivity index (χ2v) is 4.05. The molecule has 0 aliphatic rings. The fourth-order valence-electron chi connectivity index (χ4n) is 1.81. The number of aromatic nitrogens is 5. The van der Waals surface area contributed by atoms with E-state index in [9.17, 15) is 4.79 Å². The lowest BCUT2D eigenvalue weighted by molar-refractivity contribution is 0.101. The molecule has 3 N–H and O–H groups in total. The van der Waals surface area contributed by atoms with Crippen molar-refractivity contribution in [3.63, 3.8) is 0 Å². The number of amides is 1. The Morgan fingerprint density at radius 1 is 1.37 bits per heavy atom. The molecule has 0 saturated carbocycles. The van der Waals surface area contributed by atoms with Crippen molar-refractivity contribution in [2.75, 3.05) is 5.32 Å². The normalized spacial score (nSPS) is 10.8. The quantitative estimate of drug-likeness (QED) is 0.661. The maximum absolute atomic E-state index is 12.0. The van der Waals surface area contributed by atoms with Crippen molar-refractivity contribution in [3.8, 4) is 0 Å². The highest BCUT2D eigenvalue weighted by Crippen LogP contribution is 2.20. The average molecular weight is 256 g/mol. The Hall–Kier alpha value is -2.70. The first-order valence-corrected chi connectivity index (χ1v) is 5.92. The second-order valence-electron chi connectivity index (χ2n) is 4.05. The summed E-state index contributed by atoms with van der Waals surface area (Å²) in [6, 6.07) is 5.56. The monoisotopic (exact) mass is 256 g/mol. The van der Waals surface area contributed by atoms with Crippen molar-refractivity contribution >= 4 is 22.5 Å². The van der Waals surface area contributed by atoms with Crippen LogP contribution >= 0.6 is 0 Å². The third-order valence-corrected chi connectivity index (χ3v) is 2.79. The number of aryl methyl sites for hydroxylation is 1. The molecule has 0 aliphatic heterocycles. The van der Waals surface area contributed by atoms with E-state index >= 15 is 0 Å². The zero-order valence-corrected chi connectivity index (χ0v) is 10.3. The average Bonchev–Trinajstić information content (AvgIpc) is 3.08. The van der Waals surface area contributed by atoms with Crippen LogP contribution in [0.15, 0.2) is 24.4 Å². The van der Waals surface area contributed by atoms with E-state index in [0.29, 0.717) is 17.9 Å². The van der Waals surface area contributed by atoms with Crippen molar-refractivity contribution in [2.24, 2.45) is 0 Å². The Kier molecular flexibility index (Phi) is 2.71. The number of nitrogens with one attached hydrogen (secondary N) is 3. The molecule has 2 aromatic heterocycles. The highest BCUT2D eigenvalue weighted by molar-refractivity contribution is 6.06. The van der Waals surface area contributed by atoms with Crippen LogP contribution in [0.2, 0.25) is 0 Å². The number of aromatic amines is 2. The molecule has 0 saturated heterocycles. The van der Waals surface area contributed by atoms with Gasteiger partial charge in [-0.15, -0.1) is 5.10 Å². The van der Waals surface area contributed by atoms with Gasteiger partial charge in [0.05, 0.1) is 17.4 Å². The maximum atomic E-state index is 12.0. The van der Waals surface area contributed by atoms with Crippen LogP contribution in [0.3, 0.4) is 0 Å². The number of carbonyl (C=O) groups excluding carboxylic acids is 1. The third kappa shape index (κ3) is 2.05. The van der Waals surface area contributed by atoms with Crippen LogP contribution in [0.1, 0.15) is 23.4 Å². The summed E-state index contributed by atoms with van der Waals surface area (Å²) in [6.07, 6.45) is 2.41. The Bertz CT molecular complexity index is 728. The van der Waals surface area contributed by atoms with Crippen LogP contribution < -0.4 is 5.32 Å². The van der Waals surface area contributed by atoms with Gasteiger partial charge in [0.25, 0.3) is 5.91 Å². The van der Waals surface area contributed by atoms with Crippen molar-refractivity contribution in [1.29, 1.82) is 0 Å². The van der Waals surface area contributed by atoms with E-state index < -0.39 is 0 Å². The van der Waals surface area contributed by atoms with E-state index in [0.717, 1.165) is 10.9 Å².